The number of nitrogens with one attached hydrogen (secondary N) is 1. The van der Waals surface area contributed by atoms with Crippen molar-refractivity contribution in [3.05, 3.63) is 89.2 Å². The number of aryl methyl sites for hydroxylation is 1. The van der Waals surface area contributed by atoms with Gasteiger partial charge < -0.3 is 10.2 Å². The van der Waals surface area contributed by atoms with Crippen molar-refractivity contribution in [2.45, 2.75) is 19.8 Å². The Morgan fingerprint density at radius 3 is 2.64 bits per heavy atom. The molecule has 1 N–H and O–H groups in total. The minimum absolute atomic E-state index is 0.138. The molecule has 1 aliphatic rings. The summed E-state index contributed by atoms with van der Waals surface area (Å²) in [6.07, 6.45) is 4.66. The number of nitrogens with zero attached hydrogens (tertiary/aromatic N) is 2. The van der Waals surface area contributed by atoms with E-state index in [1.165, 1.54) is 12.4 Å². The van der Waals surface area contributed by atoms with Crippen LogP contribution in [0.3, 0.4) is 0 Å². The summed E-state index contributed by atoms with van der Waals surface area (Å²) in [5.74, 6) is -0.411. The van der Waals surface area contributed by atoms with Crippen LogP contribution in [0.15, 0.2) is 67.0 Å². The lowest BCUT2D eigenvalue weighted by Gasteiger charge is -2.17. The number of amides is 2. The first-order valence-electron chi connectivity index (χ1n) is 9.41. The summed E-state index contributed by atoms with van der Waals surface area (Å²) in [6, 6.07) is 17.2. The molecule has 2 heterocycles. The molecular weight excluding hydrogens is 350 g/mol. The summed E-state index contributed by atoms with van der Waals surface area (Å²) in [4.78, 5) is 31.6. The van der Waals surface area contributed by atoms with Crippen molar-refractivity contribution >= 4 is 23.2 Å². The second kappa shape index (κ2) is 7.64. The highest BCUT2D eigenvalue weighted by molar-refractivity contribution is 6.10. The summed E-state index contributed by atoms with van der Waals surface area (Å²) >= 11 is 0. The van der Waals surface area contributed by atoms with Crippen molar-refractivity contribution in [2.24, 2.45) is 0 Å². The molecule has 5 heteroatoms. The molecule has 0 radical (unpaired) electrons. The van der Waals surface area contributed by atoms with Gasteiger partial charge in [0.1, 0.15) is 0 Å². The standard InChI is InChI=1S/C23H21N3O2/c1-2-16-7-3-5-9-20(16)25-22(27)18-13-19(15-24-14-18)23(28)26-12-11-17-8-4-6-10-21(17)26/h3-10,13-15H,2,11-12H2,1H3,(H,25,27). The van der Waals surface area contributed by atoms with Crippen molar-refractivity contribution in [3.8, 4) is 0 Å². The van der Waals surface area contributed by atoms with Gasteiger partial charge in [-0.3, -0.25) is 14.6 Å². The Balaban J connectivity index is 1.56. The molecule has 28 heavy (non-hydrogen) atoms. The zero-order chi connectivity index (χ0) is 19.5. The fourth-order valence-electron chi connectivity index (χ4n) is 3.53. The number of pyridine rings is 1. The zero-order valence-corrected chi connectivity index (χ0v) is 15.7. The molecule has 1 aliphatic heterocycles. The molecule has 2 aromatic carbocycles. The Morgan fingerprint density at radius 2 is 1.79 bits per heavy atom. The van der Waals surface area contributed by atoms with E-state index in [4.69, 9.17) is 0 Å². The van der Waals surface area contributed by atoms with E-state index in [1.54, 1.807) is 11.0 Å². The van der Waals surface area contributed by atoms with Crippen LogP contribution in [0.1, 0.15) is 38.8 Å². The maximum absolute atomic E-state index is 13.0. The van der Waals surface area contributed by atoms with Gasteiger partial charge in [0.05, 0.1) is 11.1 Å². The normalized spacial score (nSPS) is 12.5. The SMILES string of the molecule is CCc1ccccc1NC(=O)c1cncc(C(=O)N2CCc3ccccc32)c1. The fraction of sp³-hybridized carbons (Fsp3) is 0.174. The van der Waals surface area contributed by atoms with Crippen LogP contribution in [0.25, 0.3) is 0 Å². The van der Waals surface area contributed by atoms with Crippen molar-refractivity contribution in [1.82, 2.24) is 4.98 Å². The molecule has 140 valence electrons. The van der Waals surface area contributed by atoms with Gasteiger partial charge in [-0.25, -0.2) is 0 Å². The molecule has 0 bridgehead atoms. The minimum atomic E-state index is -0.273. The third kappa shape index (κ3) is 3.39. The number of fused-ring (bicyclic) bond motifs is 1. The second-order valence-corrected chi connectivity index (χ2v) is 6.76. The molecule has 0 spiro atoms. The molecule has 3 aromatic rings. The van der Waals surface area contributed by atoms with Crippen LogP contribution >= 0.6 is 0 Å². The number of hydrogen-bond donors (Lipinski definition) is 1. The molecule has 5 nitrogen and oxygen atoms in total. The van der Waals surface area contributed by atoms with E-state index in [0.717, 1.165) is 35.3 Å². The lowest BCUT2D eigenvalue weighted by atomic mass is 10.1. The van der Waals surface area contributed by atoms with Crippen LogP contribution < -0.4 is 10.2 Å². The lowest BCUT2D eigenvalue weighted by molar-refractivity contribution is 0.0989. The number of anilines is 2. The Kier molecular flexibility index (Phi) is 4.89. The summed E-state index contributed by atoms with van der Waals surface area (Å²) < 4.78 is 0. The van der Waals surface area contributed by atoms with Crippen LogP contribution in [0.4, 0.5) is 11.4 Å². The monoisotopic (exact) mass is 371 g/mol. The molecule has 0 atom stereocenters. The predicted octanol–water partition coefficient (Wildman–Crippen LogP) is 4.10. The summed E-state index contributed by atoms with van der Waals surface area (Å²) in [5.41, 5.74) is 4.70. The first kappa shape index (κ1) is 17.9. The number of carbonyl (C=O) groups excluding carboxylic acids is 2. The summed E-state index contributed by atoms with van der Waals surface area (Å²) in [7, 11) is 0. The van der Waals surface area contributed by atoms with Gasteiger partial charge in [-0.1, -0.05) is 43.3 Å². The van der Waals surface area contributed by atoms with E-state index >= 15 is 0 Å². The van der Waals surface area contributed by atoms with Crippen molar-refractivity contribution in [3.63, 3.8) is 0 Å². The Labute approximate surface area is 164 Å². The minimum Gasteiger partial charge on any atom is -0.322 e. The Bertz CT molecular complexity index is 1050. The summed E-state index contributed by atoms with van der Waals surface area (Å²) in [5, 5.41) is 2.93. The first-order chi connectivity index (χ1) is 13.7. The van der Waals surface area contributed by atoms with Crippen LogP contribution in [0.5, 0.6) is 0 Å². The summed E-state index contributed by atoms with van der Waals surface area (Å²) in [6.45, 7) is 2.68. The number of carbonyl (C=O) groups is 2. The van der Waals surface area contributed by atoms with Crippen LogP contribution in [0.2, 0.25) is 0 Å². The fourth-order valence-corrected chi connectivity index (χ4v) is 3.53. The van der Waals surface area contributed by atoms with Crippen molar-refractivity contribution in [1.29, 1.82) is 0 Å². The van der Waals surface area contributed by atoms with E-state index in [1.807, 2.05) is 55.5 Å². The average molecular weight is 371 g/mol. The largest absolute Gasteiger partial charge is 0.322 e. The van der Waals surface area contributed by atoms with Gasteiger partial charge in [-0.05, 0) is 42.2 Å². The number of rotatable bonds is 4. The highest BCUT2D eigenvalue weighted by Crippen LogP contribution is 2.28. The van der Waals surface area contributed by atoms with E-state index in [0.29, 0.717) is 17.7 Å². The van der Waals surface area contributed by atoms with Gasteiger partial charge in [0.2, 0.25) is 0 Å². The molecule has 1 aromatic heterocycles. The molecule has 4 rings (SSSR count). The highest BCUT2D eigenvalue weighted by Gasteiger charge is 2.25. The highest BCUT2D eigenvalue weighted by atomic mass is 16.2. The third-order valence-electron chi connectivity index (χ3n) is 5.03. The topological polar surface area (TPSA) is 62.3 Å². The van der Waals surface area contributed by atoms with Gasteiger partial charge in [-0.15, -0.1) is 0 Å². The first-order valence-corrected chi connectivity index (χ1v) is 9.41. The number of hydrogen-bond acceptors (Lipinski definition) is 3. The molecule has 0 saturated heterocycles. The number of aromatic nitrogens is 1. The van der Waals surface area contributed by atoms with Gasteiger partial charge in [0.25, 0.3) is 11.8 Å². The molecule has 2 amide bonds. The predicted molar refractivity (Wildman–Crippen MR) is 110 cm³/mol. The smallest absolute Gasteiger partial charge is 0.259 e. The van der Waals surface area contributed by atoms with E-state index in [9.17, 15) is 9.59 Å². The second-order valence-electron chi connectivity index (χ2n) is 6.76. The van der Waals surface area contributed by atoms with Crippen LogP contribution in [-0.4, -0.2) is 23.3 Å². The van der Waals surface area contributed by atoms with Crippen molar-refractivity contribution in [2.75, 3.05) is 16.8 Å². The van der Waals surface area contributed by atoms with Gasteiger partial charge >= 0.3 is 0 Å². The van der Waals surface area contributed by atoms with Crippen molar-refractivity contribution < 1.29 is 9.59 Å². The van der Waals surface area contributed by atoms with Gasteiger partial charge in [-0.2, -0.15) is 0 Å². The molecule has 0 saturated carbocycles. The molecule has 0 unspecified atom stereocenters. The van der Waals surface area contributed by atoms with E-state index in [2.05, 4.69) is 10.3 Å². The Morgan fingerprint density at radius 1 is 1.04 bits per heavy atom. The molecule has 0 fully saturated rings. The number of para-hydroxylation sites is 2. The third-order valence-corrected chi connectivity index (χ3v) is 5.03. The van der Waals surface area contributed by atoms with E-state index < -0.39 is 0 Å². The molecule has 0 aliphatic carbocycles. The lowest BCUT2D eigenvalue weighted by Crippen LogP contribution is -2.29. The van der Waals surface area contributed by atoms with Crippen LogP contribution in [-0.2, 0) is 12.8 Å². The zero-order valence-electron chi connectivity index (χ0n) is 15.7. The average Bonchev–Trinajstić information content (AvgIpc) is 3.18. The maximum Gasteiger partial charge on any atom is 0.259 e. The van der Waals surface area contributed by atoms with E-state index in [-0.39, 0.29) is 11.8 Å². The maximum atomic E-state index is 13.0. The van der Waals surface area contributed by atoms with Crippen LogP contribution in [0, 0.1) is 0 Å². The number of benzene rings is 2. The molecular formula is C23H21N3O2. The quantitative estimate of drug-likeness (QED) is 0.751. The van der Waals surface area contributed by atoms with Gasteiger partial charge in [0.15, 0.2) is 0 Å². The van der Waals surface area contributed by atoms with Gasteiger partial charge in [0, 0.05) is 30.3 Å². The Hall–Kier alpha value is -3.47.